The first-order chi connectivity index (χ1) is 5.77. The van der Waals surface area contributed by atoms with Crippen LogP contribution in [-0.2, 0) is 4.74 Å². The van der Waals surface area contributed by atoms with E-state index in [0.717, 1.165) is 26.3 Å². The van der Waals surface area contributed by atoms with Gasteiger partial charge in [0.2, 0.25) is 0 Å². The van der Waals surface area contributed by atoms with Gasteiger partial charge in [0.1, 0.15) is 0 Å². The van der Waals surface area contributed by atoms with Crippen LogP contribution in [0.4, 0.5) is 0 Å². The minimum Gasteiger partial charge on any atom is -0.380 e. The van der Waals surface area contributed by atoms with Crippen molar-refractivity contribution in [2.24, 2.45) is 5.92 Å². The molecule has 0 fully saturated rings. The molecule has 0 saturated carbocycles. The number of rotatable bonds is 6. The van der Waals surface area contributed by atoms with Crippen molar-refractivity contribution in [3.63, 3.8) is 0 Å². The highest BCUT2D eigenvalue weighted by molar-refractivity contribution is 4.96. The van der Waals surface area contributed by atoms with Crippen LogP contribution in [0, 0.1) is 17.8 Å². The third-order valence-corrected chi connectivity index (χ3v) is 1.26. The molecule has 0 spiro atoms. The highest BCUT2D eigenvalue weighted by Crippen LogP contribution is 1.90. The van der Waals surface area contributed by atoms with Crippen LogP contribution in [0.15, 0.2) is 0 Å². The van der Waals surface area contributed by atoms with Gasteiger partial charge in [-0.15, -0.1) is 5.92 Å². The zero-order valence-corrected chi connectivity index (χ0v) is 8.31. The van der Waals surface area contributed by atoms with Crippen LogP contribution < -0.4 is 5.32 Å². The predicted molar refractivity (Wildman–Crippen MR) is 52.0 cm³/mol. The highest BCUT2D eigenvalue weighted by Gasteiger charge is 1.91. The Morgan fingerprint density at radius 2 is 2.17 bits per heavy atom. The summed E-state index contributed by atoms with van der Waals surface area (Å²) in [5.41, 5.74) is 0. The summed E-state index contributed by atoms with van der Waals surface area (Å²) < 4.78 is 5.36. The summed E-state index contributed by atoms with van der Waals surface area (Å²) in [7, 11) is 0. The third kappa shape index (κ3) is 9.48. The molecule has 0 aromatic heterocycles. The molecule has 2 heteroatoms. The molecule has 70 valence electrons. The van der Waals surface area contributed by atoms with Gasteiger partial charge in [-0.1, -0.05) is 19.8 Å². The second-order valence-electron chi connectivity index (χ2n) is 3.07. The maximum Gasteiger partial charge on any atom is 0.0591 e. The van der Waals surface area contributed by atoms with Crippen molar-refractivity contribution in [1.29, 1.82) is 0 Å². The van der Waals surface area contributed by atoms with Crippen LogP contribution in [-0.4, -0.2) is 26.3 Å². The summed E-state index contributed by atoms with van der Waals surface area (Å²) in [6, 6.07) is 0. The smallest absolute Gasteiger partial charge is 0.0591 e. The number of nitrogens with one attached hydrogen (secondary N) is 1. The van der Waals surface area contributed by atoms with E-state index < -0.39 is 0 Å². The molecule has 2 nitrogen and oxygen atoms in total. The van der Waals surface area contributed by atoms with Gasteiger partial charge in [0.05, 0.1) is 13.2 Å². The van der Waals surface area contributed by atoms with E-state index in [2.05, 4.69) is 31.0 Å². The second kappa shape index (κ2) is 8.58. The first kappa shape index (κ1) is 11.5. The molecule has 0 heterocycles. The Bertz CT molecular complexity index is 144. The van der Waals surface area contributed by atoms with E-state index >= 15 is 0 Å². The van der Waals surface area contributed by atoms with Gasteiger partial charge >= 0.3 is 0 Å². The summed E-state index contributed by atoms with van der Waals surface area (Å²) in [6.45, 7) is 9.43. The zero-order chi connectivity index (χ0) is 9.23. The molecule has 0 atom stereocenters. The first-order valence-corrected chi connectivity index (χ1v) is 4.45. The quantitative estimate of drug-likeness (QED) is 0.477. The van der Waals surface area contributed by atoms with Crippen LogP contribution in [0.1, 0.15) is 20.8 Å². The molecular weight excluding hydrogens is 150 g/mol. The topological polar surface area (TPSA) is 21.3 Å². The predicted octanol–water partition coefficient (Wildman–Crippen LogP) is 1.27. The lowest BCUT2D eigenvalue weighted by Gasteiger charge is -2.05. The summed E-state index contributed by atoms with van der Waals surface area (Å²) in [6.07, 6.45) is 0. The van der Waals surface area contributed by atoms with Gasteiger partial charge in [-0.2, -0.15) is 0 Å². The van der Waals surface area contributed by atoms with Crippen LogP contribution in [0.3, 0.4) is 0 Å². The minimum absolute atomic E-state index is 0.625. The SMILES string of the molecule is CC#CCNCCOCC(C)C. The maximum atomic E-state index is 5.36. The summed E-state index contributed by atoms with van der Waals surface area (Å²) in [4.78, 5) is 0. The lowest BCUT2D eigenvalue weighted by molar-refractivity contribution is 0.112. The Hall–Kier alpha value is -0.520. The monoisotopic (exact) mass is 169 g/mol. The van der Waals surface area contributed by atoms with E-state index in [4.69, 9.17) is 4.74 Å². The molecule has 12 heavy (non-hydrogen) atoms. The fraction of sp³-hybridized carbons (Fsp3) is 0.800. The van der Waals surface area contributed by atoms with Gasteiger partial charge < -0.3 is 10.1 Å². The molecule has 0 saturated heterocycles. The van der Waals surface area contributed by atoms with Crippen molar-refractivity contribution < 1.29 is 4.74 Å². The molecule has 1 N–H and O–H groups in total. The van der Waals surface area contributed by atoms with Gasteiger partial charge in [-0.25, -0.2) is 0 Å². The lowest BCUT2D eigenvalue weighted by atomic mass is 10.2. The third-order valence-electron chi connectivity index (χ3n) is 1.26. The van der Waals surface area contributed by atoms with Gasteiger partial charge in [0.15, 0.2) is 0 Å². The van der Waals surface area contributed by atoms with Gasteiger partial charge in [0.25, 0.3) is 0 Å². The molecule has 0 unspecified atom stereocenters. The van der Waals surface area contributed by atoms with Crippen molar-refractivity contribution in [2.75, 3.05) is 26.3 Å². The number of hydrogen-bond acceptors (Lipinski definition) is 2. The largest absolute Gasteiger partial charge is 0.380 e. The summed E-state index contributed by atoms with van der Waals surface area (Å²) >= 11 is 0. The first-order valence-electron chi connectivity index (χ1n) is 4.45. The average Bonchev–Trinajstić information content (AvgIpc) is 2.02. The Balaban J connectivity index is 2.94. The van der Waals surface area contributed by atoms with Crippen molar-refractivity contribution >= 4 is 0 Å². The minimum atomic E-state index is 0.625. The summed E-state index contributed by atoms with van der Waals surface area (Å²) in [5.74, 6) is 6.38. The second-order valence-corrected chi connectivity index (χ2v) is 3.07. The molecule has 0 aromatic rings. The van der Waals surface area contributed by atoms with E-state index in [1.807, 2.05) is 6.92 Å². The standard InChI is InChI=1S/C10H19NO/c1-4-5-6-11-7-8-12-9-10(2)3/h10-11H,6-9H2,1-3H3. The molecule has 0 aliphatic heterocycles. The van der Waals surface area contributed by atoms with Crippen molar-refractivity contribution in [2.45, 2.75) is 20.8 Å². The van der Waals surface area contributed by atoms with Crippen LogP contribution in [0.25, 0.3) is 0 Å². The number of hydrogen-bond donors (Lipinski definition) is 1. The van der Waals surface area contributed by atoms with Crippen molar-refractivity contribution in [3.8, 4) is 11.8 Å². The van der Waals surface area contributed by atoms with Crippen molar-refractivity contribution in [3.05, 3.63) is 0 Å². The fourth-order valence-electron chi connectivity index (χ4n) is 0.703. The Kier molecular flexibility index (Phi) is 8.20. The van der Waals surface area contributed by atoms with Gasteiger partial charge in [0, 0.05) is 13.2 Å². The van der Waals surface area contributed by atoms with E-state index in [1.165, 1.54) is 0 Å². The zero-order valence-electron chi connectivity index (χ0n) is 8.31. The van der Waals surface area contributed by atoms with E-state index in [-0.39, 0.29) is 0 Å². The van der Waals surface area contributed by atoms with E-state index in [0.29, 0.717) is 5.92 Å². The van der Waals surface area contributed by atoms with Crippen LogP contribution in [0.2, 0.25) is 0 Å². The Morgan fingerprint density at radius 3 is 2.75 bits per heavy atom. The van der Waals surface area contributed by atoms with E-state index in [9.17, 15) is 0 Å². The van der Waals surface area contributed by atoms with Crippen molar-refractivity contribution in [1.82, 2.24) is 5.32 Å². The molecule has 0 aromatic carbocycles. The van der Waals surface area contributed by atoms with Gasteiger partial charge in [-0.3, -0.25) is 0 Å². The molecular formula is C10H19NO. The number of ether oxygens (including phenoxy) is 1. The molecule has 0 radical (unpaired) electrons. The molecule has 0 amide bonds. The molecule has 0 aliphatic rings. The van der Waals surface area contributed by atoms with Gasteiger partial charge in [-0.05, 0) is 12.8 Å². The molecule has 0 bridgehead atoms. The highest BCUT2D eigenvalue weighted by atomic mass is 16.5. The molecule has 0 aliphatic carbocycles. The lowest BCUT2D eigenvalue weighted by Crippen LogP contribution is -2.20. The van der Waals surface area contributed by atoms with E-state index in [1.54, 1.807) is 0 Å². The normalized spacial score (nSPS) is 9.67. The average molecular weight is 169 g/mol. The Morgan fingerprint density at radius 1 is 1.42 bits per heavy atom. The fourth-order valence-corrected chi connectivity index (χ4v) is 0.703. The maximum absolute atomic E-state index is 5.36. The Labute approximate surface area is 75.7 Å². The molecule has 0 rings (SSSR count). The summed E-state index contributed by atoms with van der Waals surface area (Å²) in [5, 5.41) is 3.16. The van der Waals surface area contributed by atoms with Crippen LogP contribution in [0.5, 0.6) is 0 Å². The van der Waals surface area contributed by atoms with Crippen LogP contribution >= 0.6 is 0 Å².